The number of hydrogen-bond acceptors (Lipinski definition) is 3. The van der Waals surface area contributed by atoms with Gasteiger partial charge in [-0.05, 0) is 48.5 Å². The van der Waals surface area contributed by atoms with Crippen molar-refractivity contribution in [1.29, 1.82) is 0 Å². The molecule has 26 heavy (non-hydrogen) atoms. The normalized spacial score (nSPS) is 13.7. The smallest absolute Gasteiger partial charge is 0.253 e. The molecule has 3 heterocycles. The minimum atomic E-state index is -0.0675. The molecule has 1 amide bonds. The molecule has 0 saturated carbocycles. The first-order valence-corrected chi connectivity index (χ1v) is 8.72. The van der Waals surface area contributed by atoms with Gasteiger partial charge in [-0.25, -0.2) is 4.98 Å². The van der Waals surface area contributed by atoms with Crippen molar-refractivity contribution in [3.05, 3.63) is 65.2 Å². The van der Waals surface area contributed by atoms with Crippen LogP contribution in [0.15, 0.2) is 59.0 Å². The summed E-state index contributed by atoms with van der Waals surface area (Å²) in [6.45, 7) is 1.20. The number of amides is 1. The van der Waals surface area contributed by atoms with Gasteiger partial charge in [0.15, 0.2) is 11.6 Å². The molecule has 2 aromatic heterocycles. The van der Waals surface area contributed by atoms with Gasteiger partial charge in [0, 0.05) is 23.7 Å². The molecule has 2 aromatic carbocycles. The second kappa shape index (κ2) is 5.75. The highest BCUT2D eigenvalue weighted by molar-refractivity contribution is 6.30. The largest absolute Gasteiger partial charge is 0.453 e. The highest BCUT2D eigenvalue weighted by Gasteiger charge is 2.23. The molecule has 0 bridgehead atoms. The van der Waals surface area contributed by atoms with Gasteiger partial charge in [0.25, 0.3) is 5.91 Å². The van der Waals surface area contributed by atoms with Crippen LogP contribution in [0.4, 0.5) is 0 Å². The quantitative estimate of drug-likeness (QED) is 0.575. The number of furan rings is 1. The second-order valence-electron chi connectivity index (χ2n) is 6.19. The Morgan fingerprint density at radius 3 is 2.69 bits per heavy atom. The molecule has 128 valence electrons. The Morgan fingerprint density at radius 1 is 1.04 bits per heavy atom. The van der Waals surface area contributed by atoms with Crippen LogP contribution in [0, 0.1) is 0 Å². The molecule has 0 unspecified atom stereocenters. The van der Waals surface area contributed by atoms with Gasteiger partial charge in [-0.15, -0.1) is 0 Å². The van der Waals surface area contributed by atoms with E-state index in [4.69, 9.17) is 21.0 Å². The zero-order valence-electron chi connectivity index (χ0n) is 13.7. The lowest BCUT2D eigenvalue weighted by Gasteiger charge is -2.05. The fourth-order valence-electron chi connectivity index (χ4n) is 3.38. The van der Waals surface area contributed by atoms with Crippen molar-refractivity contribution in [2.24, 2.45) is 0 Å². The molecule has 0 aliphatic carbocycles. The summed E-state index contributed by atoms with van der Waals surface area (Å²) in [4.78, 5) is 17.0. The predicted octanol–water partition coefficient (Wildman–Crippen LogP) is 4.36. The first-order valence-electron chi connectivity index (χ1n) is 8.34. The van der Waals surface area contributed by atoms with Crippen LogP contribution in [-0.4, -0.2) is 22.0 Å². The van der Waals surface area contributed by atoms with Gasteiger partial charge < -0.3 is 14.3 Å². The third kappa shape index (κ3) is 2.32. The Bertz CT molecular complexity index is 1140. The third-order valence-electron chi connectivity index (χ3n) is 4.59. The first kappa shape index (κ1) is 15.2. The zero-order valence-corrected chi connectivity index (χ0v) is 14.5. The first-order chi connectivity index (χ1) is 12.7. The van der Waals surface area contributed by atoms with E-state index in [2.05, 4.69) is 5.32 Å². The van der Waals surface area contributed by atoms with Gasteiger partial charge in [0.05, 0.1) is 16.6 Å². The summed E-state index contributed by atoms with van der Waals surface area (Å²) in [5, 5.41) is 3.61. The number of halogens is 1. The molecule has 0 saturated heterocycles. The SMILES string of the molecule is O=C1NCCn2c(-c3ccc(-c4ccc(Cl)cc4)o3)nc3cccc1c32. The van der Waals surface area contributed by atoms with Crippen molar-refractivity contribution in [3.63, 3.8) is 0 Å². The van der Waals surface area contributed by atoms with Gasteiger partial charge in [-0.3, -0.25) is 4.79 Å². The summed E-state index contributed by atoms with van der Waals surface area (Å²) in [7, 11) is 0. The number of nitrogens with zero attached hydrogens (tertiary/aromatic N) is 2. The van der Waals surface area contributed by atoms with E-state index in [-0.39, 0.29) is 5.91 Å². The number of nitrogens with one attached hydrogen (secondary N) is 1. The van der Waals surface area contributed by atoms with Crippen molar-refractivity contribution < 1.29 is 9.21 Å². The fraction of sp³-hybridized carbons (Fsp3) is 0.100. The summed E-state index contributed by atoms with van der Waals surface area (Å²) < 4.78 is 8.12. The minimum Gasteiger partial charge on any atom is -0.453 e. The van der Waals surface area contributed by atoms with E-state index in [1.54, 1.807) is 0 Å². The van der Waals surface area contributed by atoms with Gasteiger partial charge in [-0.2, -0.15) is 0 Å². The number of aromatic nitrogens is 2. The van der Waals surface area contributed by atoms with Gasteiger partial charge in [0.1, 0.15) is 5.76 Å². The maximum Gasteiger partial charge on any atom is 0.253 e. The summed E-state index contributed by atoms with van der Waals surface area (Å²) in [5.74, 6) is 2.08. The van der Waals surface area contributed by atoms with E-state index >= 15 is 0 Å². The standard InChI is InChI=1S/C20H14ClN3O2/c21-13-6-4-12(5-7-13)16-8-9-17(26-16)19-23-15-3-1-2-14-18(15)24(19)11-10-22-20(14)25/h1-9H,10-11H2,(H,22,25). The van der Waals surface area contributed by atoms with Crippen LogP contribution in [0.25, 0.3) is 33.9 Å². The van der Waals surface area contributed by atoms with Gasteiger partial charge >= 0.3 is 0 Å². The van der Waals surface area contributed by atoms with E-state index in [0.717, 1.165) is 28.2 Å². The third-order valence-corrected chi connectivity index (χ3v) is 4.84. The lowest BCUT2D eigenvalue weighted by molar-refractivity contribution is 0.0956. The van der Waals surface area contributed by atoms with Crippen LogP contribution in [-0.2, 0) is 6.54 Å². The highest BCUT2D eigenvalue weighted by atomic mass is 35.5. The van der Waals surface area contributed by atoms with Crippen LogP contribution >= 0.6 is 11.6 Å². The molecular formula is C20H14ClN3O2. The Kier molecular flexibility index (Phi) is 3.36. The Balaban J connectivity index is 1.66. The van der Waals surface area contributed by atoms with Crippen molar-refractivity contribution in [2.75, 3.05) is 6.54 Å². The molecule has 1 aliphatic heterocycles. The fourth-order valence-corrected chi connectivity index (χ4v) is 3.50. The molecule has 1 aliphatic rings. The number of para-hydroxylation sites is 1. The molecule has 4 aromatic rings. The zero-order chi connectivity index (χ0) is 17.7. The van der Waals surface area contributed by atoms with Crippen LogP contribution in [0.1, 0.15) is 10.4 Å². The van der Waals surface area contributed by atoms with E-state index in [9.17, 15) is 4.79 Å². The number of imidazole rings is 1. The number of carbonyl (C=O) groups excluding carboxylic acids is 1. The maximum absolute atomic E-state index is 12.3. The summed E-state index contributed by atoms with van der Waals surface area (Å²) in [5.41, 5.74) is 3.23. The summed E-state index contributed by atoms with van der Waals surface area (Å²) in [6.07, 6.45) is 0. The number of rotatable bonds is 2. The molecule has 6 heteroatoms. The summed E-state index contributed by atoms with van der Waals surface area (Å²) >= 11 is 5.96. The lowest BCUT2D eigenvalue weighted by atomic mass is 10.2. The molecule has 1 N–H and O–H groups in total. The minimum absolute atomic E-state index is 0.0675. The van der Waals surface area contributed by atoms with Crippen molar-refractivity contribution in [1.82, 2.24) is 14.9 Å². The Hall–Kier alpha value is -3.05. The molecule has 5 nitrogen and oxygen atoms in total. The van der Waals surface area contributed by atoms with Crippen LogP contribution in [0.3, 0.4) is 0 Å². The van der Waals surface area contributed by atoms with Crippen LogP contribution < -0.4 is 5.32 Å². The van der Waals surface area contributed by atoms with Crippen molar-refractivity contribution >= 4 is 28.5 Å². The molecule has 0 spiro atoms. The molecular weight excluding hydrogens is 350 g/mol. The number of carbonyl (C=O) groups is 1. The lowest BCUT2D eigenvalue weighted by Crippen LogP contribution is -2.24. The van der Waals surface area contributed by atoms with Crippen LogP contribution in [0.2, 0.25) is 5.02 Å². The van der Waals surface area contributed by atoms with E-state index in [1.807, 2.05) is 59.2 Å². The van der Waals surface area contributed by atoms with Gasteiger partial charge in [0.2, 0.25) is 0 Å². The Morgan fingerprint density at radius 2 is 1.85 bits per heavy atom. The highest BCUT2D eigenvalue weighted by Crippen LogP contribution is 2.32. The van der Waals surface area contributed by atoms with Crippen molar-refractivity contribution in [3.8, 4) is 22.9 Å². The van der Waals surface area contributed by atoms with Crippen LogP contribution in [0.5, 0.6) is 0 Å². The number of hydrogen-bond donors (Lipinski definition) is 1. The molecule has 0 atom stereocenters. The monoisotopic (exact) mass is 363 g/mol. The van der Waals surface area contributed by atoms with E-state index < -0.39 is 0 Å². The topological polar surface area (TPSA) is 60.1 Å². The van der Waals surface area contributed by atoms with E-state index in [1.165, 1.54) is 0 Å². The Labute approximate surface area is 154 Å². The van der Waals surface area contributed by atoms with E-state index in [0.29, 0.717) is 29.4 Å². The average molecular weight is 364 g/mol. The summed E-state index contributed by atoms with van der Waals surface area (Å²) in [6, 6.07) is 16.9. The van der Waals surface area contributed by atoms with Gasteiger partial charge in [-0.1, -0.05) is 17.7 Å². The van der Waals surface area contributed by atoms with Crippen molar-refractivity contribution in [2.45, 2.75) is 6.54 Å². The predicted molar refractivity (Wildman–Crippen MR) is 100 cm³/mol. The maximum atomic E-state index is 12.3. The molecule has 5 rings (SSSR count). The average Bonchev–Trinajstić information content (AvgIpc) is 3.23. The second-order valence-corrected chi connectivity index (χ2v) is 6.62. The number of benzene rings is 2. The molecule has 0 radical (unpaired) electrons. The molecule has 0 fully saturated rings.